The average molecular weight is 383 g/mol. The van der Waals surface area contributed by atoms with Gasteiger partial charge in [-0.15, -0.1) is 0 Å². The number of amides is 1. The van der Waals surface area contributed by atoms with Crippen LogP contribution in [-0.2, 0) is 11.2 Å². The molecule has 23 heavy (non-hydrogen) atoms. The molecule has 0 unspecified atom stereocenters. The van der Waals surface area contributed by atoms with Crippen LogP contribution in [0.4, 0.5) is 14.9 Å². The first-order chi connectivity index (χ1) is 10.7. The lowest BCUT2D eigenvalue weighted by Crippen LogP contribution is -2.43. The lowest BCUT2D eigenvalue weighted by Gasteiger charge is -2.28. The first-order valence-electron chi connectivity index (χ1n) is 7.72. The monoisotopic (exact) mass is 382 g/mol. The third-order valence-corrected chi connectivity index (χ3v) is 4.43. The number of nitrogens with zero attached hydrogens (tertiary/aromatic N) is 2. The minimum atomic E-state index is -1.04. The van der Waals surface area contributed by atoms with Gasteiger partial charge < -0.3 is 4.74 Å². The van der Waals surface area contributed by atoms with E-state index < -0.39 is 17.9 Å². The van der Waals surface area contributed by atoms with Gasteiger partial charge in [-0.25, -0.2) is 9.18 Å². The summed E-state index contributed by atoms with van der Waals surface area (Å²) < 4.78 is 20.4. The van der Waals surface area contributed by atoms with E-state index in [1.807, 2.05) is 39.0 Å². The Morgan fingerprint density at radius 3 is 2.87 bits per heavy atom. The molecule has 1 amide bonds. The lowest BCUT2D eigenvalue weighted by atomic mass is 10.0. The number of alkyl halides is 1. The van der Waals surface area contributed by atoms with Crippen LogP contribution < -0.4 is 0 Å². The Bertz CT molecular complexity index is 669. The number of carbonyl (C=O) groups excluding carboxylic acids is 1. The highest BCUT2D eigenvalue weighted by Crippen LogP contribution is 2.34. The number of benzene rings is 1. The van der Waals surface area contributed by atoms with Gasteiger partial charge in [-0.1, -0.05) is 15.9 Å². The van der Waals surface area contributed by atoms with E-state index in [1.54, 1.807) is 0 Å². The van der Waals surface area contributed by atoms with Gasteiger partial charge in [0.05, 0.1) is 18.3 Å². The molecule has 0 radical (unpaired) electrons. The second kappa shape index (κ2) is 5.89. The van der Waals surface area contributed by atoms with Crippen molar-refractivity contribution in [1.29, 1.82) is 0 Å². The molecule has 1 aromatic carbocycles. The molecule has 0 spiro atoms. The topological polar surface area (TPSA) is 41.9 Å². The van der Waals surface area contributed by atoms with Crippen molar-refractivity contribution in [3.8, 4) is 0 Å². The second-order valence-corrected chi connectivity index (χ2v) is 7.95. The molecular weight excluding hydrogens is 363 g/mol. The van der Waals surface area contributed by atoms with Crippen LogP contribution in [0.3, 0.4) is 0 Å². The largest absolute Gasteiger partial charge is 0.444 e. The van der Waals surface area contributed by atoms with Crippen LogP contribution in [0.15, 0.2) is 27.7 Å². The zero-order valence-corrected chi connectivity index (χ0v) is 15.1. The van der Waals surface area contributed by atoms with Gasteiger partial charge in [0, 0.05) is 23.0 Å². The van der Waals surface area contributed by atoms with E-state index in [0.717, 1.165) is 21.4 Å². The Morgan fingerprint density at radius 2 is 2.17 bits per heavy atom. The number of aliphatic imine (C=N–C) groups is 1. The van der Waals surface area contributed by atoms with E-state index in [2.05, 4.69) is 20.9 Å². The molecule has 6 heteroatoms. The predicted octanol–water partition coefficient (Wildman–Crippen LogP) is 4.43. The van der Waals surface area contributed by atoms with Crippen LogP contribution in [0, 0.1) is 0 Å². The summed E-state index contributed by atoms with van der Waals surface area (Å²) in [5.41, 5.74) is 2.24. The Kier molecular flexibility index (Phi) is 4.21. The number of carbonyl (C=O) groups is 1. The summed E-state index contributed by atoms with van der Waals surface area (Å²) in [4.78, 5) is 18.5. The van der Waals surface area contributed by atoms with Gasteiger partial charge >= 0.3 is 6.09 Å². The minimum absolute atomic E-state index is 0.0681. The number of fused-ring (bicyclic) bond motifs is 1. The second-order valence-electron chi connectivity index (χ2n) is 7.03. The molecule has 1 saturated heterocycles. The van der Waals surface area contributed by atoms with Crippen LogP contribution in [0.2, 0.25) is 0 Å². The van der Waals surface area contributed by atoms with Gasteiger partial charge in [-0.3, -0.25) is 9.89 Å². The molecule has 2 aliphatic rings. The van der Waals surface area contributed by atoms with Gasteiger partial charge in [0.25, 0.3) is 0 Å². The summed E-state index contributed by atoms with van der Waals surface area (Å²) in [6, 6.07) is 5.56. The Balaban J connectivity index is 1.80. The molecule has 4 nitrogen and oxygen atoms in total. The first-order valence-corrected chi connectivity index (χ1v) is 8.52. The predicted molar refractivity (Wildman–Crippen MR) is 91.2 cm³/mol. The van der Waals surface area contributed by atoms with Crippen LogP contribution in [0.25, 0.3) is 0 Å². The standard InChI is InChI=1S/C17H20BrFN2O2/c1-17(2,3)23-16(22)21-9-12(19)8-15(21)14-7-10-6-11(18)4-5-13(10)20-14/h4-6,12,15H,7-9H2,1-3H3/t12-,15-/m0/s1. The molecule has 1 fully saturated rings. The molecule has 2 aliphatic heterocycles. The Hall–Kier alpha value is -1.43. The smallest absolute Gasteiger partial charge is 0.410 e. The van der Waals surface area contributed by atoms with E-state index in [4.69, 9.17) is 4.74 Å². The first kappa shape index (κ1) is 16.4. The molecule has 2 heterocycles. The van der Waals surface area contributed by atoms with E-state index in [-0.39, 0.29) is 19.0 Å². The molecule has 124 valence electrons. The molecule has 0 saturated carbocycles. The highest BCUT2D eigenvalue weighted by atomic mass is 79.9. The zero-order chi connectivity index (χ0) is 16.8. The van der Waals surface area contributed by atoms with Crippen molar-refractivity contribution in [3.05, 3.63) is 28.2 Å². The number of halogens is 2. The number of hydrogen-bond acceptors (Lipinski definition) is 3. The minimum Gasteiger partial charge on any atom is -0.444 e. The van der Waals surface area contributed by atoms with Crippen molar-refractivity contribution in [2.45, 2.75) is 51.4 Å². The van der Waals surface area contributed by atoms with Gasteiger partial charge in [0.15, 0.2) is 0 Å². The maximum Gasteiger partial charge on any atom is 0.410 e. The normalized spacial score (nSPS) is 23.7. The van der Waals surface area contributed by atoms with E-state index in [0.29, 0.717) is 6.42 Å². The fourth-order valence-electron chi connectivity index (χ4n) is 3.01. The number of likely N-dealkylation sites (tertiary alicyclic amines) is 1. The molecule has 1 aromatic rings. The molecule has 0 bridgehead atoms. The van der Waals surface area contributed by atoms with Crippen molar-refractivity contribution in [1.82, 2.24) is 4.90 Å². The van der Waals surface area contributed by atoms with Crippen molar-refractivity contribution < 1.29 is 13.9 Å². The number of rotatable bonds is 1. The summed E-state index contributed by atoms with van der Waals surface area (Å²) in [6.45, 7) is 5.49. The highest BCUT2D eigenvalue weighted by molar-refractivity contribution is 9.10. The SMILES string of the molecule is CC(C)(C)OC(=O)N1C[C@@H](F)C[C@H]1C1=Nc2ccc(Br)cc2C1. The molecular formula is C17H20BrFN2O2. The quantitative estimate of drug-likeness (QED) is 0.720. The van der Waals surface area contributed by atoms with Crippen molar-refractivity contribution in [2.24, 2.45) is 4.99 Å². The summed E-state index contributed by atoms with van der Waals surface area (Å²) in [6.07, 6.45) is -0.577. The van der Waals surface area contributed by atoms with Crippen LogP contribution >= 0.6 is 15.9 Å². The molecule has 0 aliphatic carbocycles. The molecule has 0 N–H and O–H groups in total. The van der Waals surface area contributed by atoms with E-state index in [1.165, 1.54) is 4.90 Å². The van der Waals surface area contributed by atoms with E-state index in [9.17, 15) is 9.18 Å². The van der Waals surface area contributed by atoms with Crippen LogP contribution in [0.1, 0.15) is 32.8 Å². The summed E-state index contributed by atoms with van der Waals surface area (Å²) >= 11 is 3.45. The number of ether oxygens (including phenoxy) is 1. The van der Waals surface area contributed by atoms with Gasteiger partial charge in [-0.2, -0.15) is 0 Å². The lowest BCUT2D eigenvalue weighted by molar-refractivity contribution is 0.0256. The van der Waals surface area contributed by atoms with Gasteiger partial charge in [0.1, 0.15) is 11.8 Å². The van der Waals surface area contributed by atoms with E-state index >= 15 is 0 Å². The van der Waals surface area contributed by atoms with Gasteiger partial charge in [0.2, 0.25) is 0 Å². The zero-order valence-electron chi connectivity index (χ0n) is 13.5. The van der Waals surface area contributed by atoms with Crippen molar-refractivity contribution >= 4 is 33.4 Å². The third-order valence-electron chi connectivity index (χ3n) is 3.94. The van der Waals surface area contributed by atoms with Crippen molar-refractivity contribution in [3.63, 3.8) is 0 Å². The maximum absolute atomic E-state index is 14.0. The van der Waals surface area contributed by atoms with Gasteiger partial charge in [-0.05, 0) is 44.5 Å². The van der Waals surface area contributed by atoms with Crippen molar-refractivity contribution in [2.75, 3.05) is 6.54 Å². The van der Waals surface area contributed by atoms with Crippen LogP contribution in [-0.4, -0.2) is 41.1 Å². The average Bonchev–Trinajstić information content (AvgIpc) is 2.99. The maximum atomic E-state index is 14.0. The summed E-state index contributed by atoms with van der Waals surface area (Å²) in [7, 11) is 0. The third kappa shape index (κ3) is 3.57. The summed E-state index contributed by atoms with van der Waals surface area (Å²) in [5, 5.41) is 0. The fourth-order valence-corrected chi connectivity index (χ4v) is 3.42. The molecule has 2 atom stereocenters. The fraction of sp³-hybridized carbons (Fsp3) is 0.529. The van der Waals surface area contributed by atoms with Crippen LogP contribution in [0.5, 0.6) is 0 Å². The summed E-state index contributed by atoms with van der Waals surface area (Å²) in [5.74, 6) is 0. The Morgan fingerprint density at radius 1 is 1.43 bits per heavy atom. The Labute approximate surface area is 143 Å². The molecule has 3 rings (SSSR count). The molecule has 0 aromatic heterocycles. The number of hydrogen-bond donors (Lipinski definition) is 0. The highest BCUT2D eigenvalue weighted by Gasteiger charge is 2.41.